The molecule has 0 aliphatic carbocycles. The maximum Gasteiger partial charge on any atom is 0.309 e. The molecular formula is C11H9ClN2O2. The molecule has 0 spiro atoms. The number of benzene rings is 1. The second-order valence-electron chi connectivity index (χ2n) is 3.53. The highest BCUT2D eigenvalue weighted by molar-refractivity contribution is 6.28. The van der Waals surface area contributed by atoms with Crippen molar-refractivity contribution in [3.05, 3.63) is 34.7 Å². The molecule has 0 saturated carbocycles. The van der Waals surface area contributed by atoms with E-state index in [1.807, 2.05) is 25.1 Å². The van der Waals surface area contributed by atoms with E-state index in [-0.39, 0.29) is 11.7 Å². The summed E-state index contributed by atoms with van der Waals surface area (Å²) < 4.78 is 0. The van der Waals surface area contributed by atoms with Crippen LogP contribution in [-0.4, -0.2) is 21.0 Å². The van der Waals surface area contributed by atoms with E-state index in [2.05, 4.69) is 9.97 Å². The van der Waals surface area contributed by atoms with Crippen LogP contribution in [0.1, 0.15) is 11.3 Å². The van der Waals surface area contributed by atoms with Crippen LogP contribution in [0.2, 0.25) is 5.28 Å². The number of aryl methyl sites for hydroxylation is 1. The highest BCUT2D eigenvalue weighted by Crippen LogP contribution is 2.19. The Morgan fingerprint density at radius 3 is 2.88 bits per heavy atom. The predicted molar refractivity (Wildman–Crippen MR) is 60.6 cm³/mol. The van der Waals surface area contributed by atoms with Gasteiger partial charge >= 0.3 is 5.97 Å². The molecule has 16 heavy (non-hydrogen) atoms. The Morgan fingerprint density at radius 1 is 1.44 bits per heavy atom. The summed E-state index contributed by atoms with van der Waals surface area (Å²) in [6, 6.07) is 5.57. The maximum atomic E-state index is 10.7. The van der Waals surface area contributed by atoms with Gasteiger partial charge < -0.3 is 5.11 Å². The summed E-state index contributed by atoms with van der Waals surface area (Å²) in [6.07, 6.45) is -0.151. The number of halogens is 1. The monoisotopic (exact) mass is 236 g/mol. The van der Waals surface area contributed by atoms with Gasteiger partial charge in [0.25, 0.3) is 0 Å². The van der Waals surface area contributed by atoms with Gasteiger partial charge in [0, 0.05) is 5.39 Å². The third-order valence-corrected chi connectivity index (χ3v) is 2.39. The van der Waals surface area contributed by atoms with Crippen molar-refractivity contribution in [1.29, 1.82) is 0 Å². The number of nitrogens with zero attached hydrogens (tertiary/aromatic N) is 2. The van der Waals surface area contributed by atoms with Crippen LogP contribution in [-0.2, 0) is 11.2 Å². The minimum atomic E-state index is -0.933. The topological polar surface area (TPSA) is 63.1 Å². The Bertz CT molecular complexity index is 569. The SMILES string of the molecule is Cc1ccc2nc(Cl)nc(CC(=O)O)c2c1. The van der Waals surface area contributed by atoms with Crippen LogP contribution >= 0.6 is 11.6 Å². The molecule has 1 heterocycles. The predicted octanol–water partition coefficient (Wildman–Crippen LogP) is 2.22. The average Bonchev–Trinajstić information content (AvgIpc) is 2.18. The van der Waals surface area contributed by atoms with Crippen LogP contribution in [0.25, 0.3) is 10.9 Å². The Labute approximate surface area is 96.9 Å². The summed E-state index contributed by atoms with van der Waals surface area (Å²) in [7, 11) is 0. The molecule has 1 aromatic carbocycles. The van der Waals surface area contributed by atoms with Crippen molar-refractivity contribution in [3.8, 4) is 0 Å². The van der Waals surface area contributed by atoms with Crippen LogP contribution in [0, 0.1) is 6.92 Å². The quantitative estimate of drug-likeness (QED) is 0.812. The number of hydrogen-bond acceptors (Lipinski definition) is 3. The molecule has 0 amide bonds. The Balaban J connectivity index is 2.69. The van der Waals surface area contributed by atoms with E-state index in [1.54, 1.807) is 0 Å². The molecule has 0 aliphatic rings. The summed E-state index contributed by atoms with van der Waals surface area (Å²) in [5.41, 5.74) is 2.15. The van der Waals surface area contributed by atoms with Gasteiger partial charge in [-0.1, -0.05) is 11.6 Å². The third kappa shape index (κ3) is 2.12. The molecule has 0 unspecified atom stereocenters. The largest absolute Gasteiger partial charge is 0.481 e. The summed E-state index contributed by atoms with van der Waals surface area (Å²) in [5, 5.41) is 9.60. The lowest BCUT2D eigenvalue weighted by atomic mass is 10.1. The van der Waals surface area contributed by atoms with Crippen molar-refractivity contribution in [2.45, 2.75) is 13.3 Å². The number of carboxylic acid groups (broad SMARTS) is 1. The molecule has 0 atom stereocenters. The van der Waals surface area contributed by atoms with Gasteiger partial charge in [-0.25, -0.2) is 9.97 Å². The Morgan fingerprint density at radius 2 is 2.19 bits per heavy atom. The lowest BCUT2D eigenvalue weighted by molar-refractivity contribution is -0.136. The number of carbonyl (C=O) groups is 1. The zero-order valence-corrected chi connectivity index (χ0v) is 9.32. The van der Waals surface area contributed by atoms with Crippen molar-refractivity contribution in [3.63, 3.8) is 0 Å². The molecular weight excluding hydrogens is 228 g/mol. The molecule has 5 heteroatoms. The fourth-order valence-electron chi connectivity index (χ4n) is 1.55. The lowest BCUT2D eigenvalue weighted by Crippen LogP contribution is -2.04. The molecule has 2 rings (SSSR count). The summed E-state index contributed by atoms with van der Waals surface area (Å²) >= 11 is 5.73. The summed E-state index contributed by atoms with van der Waals surface area (Å²) in [5.74, 6) is -0.933. The second kappa shape index (κ2) is 4.06. The molecule has 0 fully saturated rings. The highest BCUT2D eigenvalue weighted by atomic mass is 35.5. The van der Waals surface area contributed by atoms with Crippen LogP contribution in [0.5, 0.6) is 0 Å². The lowest BCUT2D eigenvalue weighted by Gasteiger charge is -2.04. The fraction of sp³-hybridized carbons (Fsp3) is 0.182. The van der Waals surface area contributed by atoms with Gasteiger partial charge in [0.15, 0.2) is 0 Å². The average molecular weight is 237 g/mol. The minimum Gasteiger partial charge on any atom is -0.481 e. The van der Waals surface area contributed by atoms with E-state index >= 15 is 0 Å². The minimum absolute atomic E-state index is 0.0765. The summed E-state index contributed by atoms with van der Waals surface area (Å²) in [6.45, 7) is 1.93. The Hall–Kier alpha value is -1.68. The van der Waals surface area contributed by atoms with Crippen molar-refractivity contribution in [2.24, 2.45) is 0 Å². The highest BCUT2D eigenvalue weighted by Gasteiger charge is 2.10. The van der Waals surface area contributed by atoms with E-state index in [1.165, 1.54) is 0 Å². The number of hydrogen-bond donors (Lipinski definition) is 1. The normalized spacial score (nSPS) is 10.6. The first-order chi connectivity index (χ1) is 7.56. The van der Waals surface area contributed by atoms with Gasteiger partial charge in [0.05, 0.1) is 17.6 Å². The van der Waals surface area contributed by atoms with Crippen LogP contribution < -0.4 is 0 Å². The number of rotatable bonds is 2. The molecule has 1 N–H and O–H groups in total. The van der Waals surface area contributed by atoms with E-state index in [9.17, 15) is 4.79 Å². The first-order valence-electron chi connectivity index (χ1n) is 4.71. The van der Waals surface area contributed by atoms with Crippen molar-refractivity contribution in [2.75, 3.05) is 0 Å². The Kier molecular flexibility index (Phi) is 2.75. The van der Waals surface area contributed by atoms with Crippen LogP contribution in [0.15, 0.2) is 18.2 Å². The first-order valence-corrected chi connectivity index (χ1v) is 5.08. The molecule has 0 saturated heterocycles. The first kappa shape index (κ1) is 10.8. The number of carboxylic acids is 1. The maximum absolute atomic E-state index is 10.7. The number of aromatic nitrogens is 2. The van der Waals surface area contributed by atoms with E-state index in [0.29, 0.717) is 11.2 Å². The van der Waals surface area contributed by atoms with Crippen molar-refractivity contribution >= 4 is 28.5 Å². The third-order valence-electron chi connectivity index (χ3n) is 2.22. The second-order valence-corrected chi connectivity index (χ2v) is 3.87. The van der Waals surface area contributed by atoms with E-state index < -0.39 is 5.97 Å². The van der Waals surface area contributed by atoms with Crippen molar-refractivity contribution in [1.82, 2.24) is 9.97 Å². The van der Waals surface area contributed by atoms with Gasteiger partial charge in [-0.05, 0) is 30.7 Å². The number of fused-ring (bicyclic) bond motifs is 1. The molecule has 0 bridgehead atoms. The zero-order valence-electron chi connectivity index (χ0n) is 8.57. The van der Waals surface area contributed by atoms with Gasteiger partial charge in [0.1, 0.15) is 0 Å². The van der Waals surface area contributed by atoms with Gasteiger partial charge in [-0.15, -0.1) is 0 Å². The molecule has 1 aromatic heterocycles. The molecule has 2 aromatic rings. The van der Waals surface area contributed by atoms with Gasteiger partial charge in [-0.3, -0.25) is 4.79 Å². The standard InChI is InChI=1S/C11H9ClN2O2/c1-6-2-3-8-7(4-6)9(5-10(15)16)14-11(12)13-8/h2-4H,5H2,1H3,(H,15,16). The van der Waals surface area contributed by atoms with Gasteiger partial charge in [-0.2, -0.15) is 0 Å². The zero-order chi connectivity index (χ0) is 11.7. The number of aliphatic carboxylic acids is 1. The molecule has 0 aliphatic heterocycles. The van der Waals surface area contributed by atoms with E-state index in [4.69, 9.17) is 16.7 Å². The van der Waals surface area contributed by atoms with Crippen LogP contribution in [0.3, 0.4) is 0 Å². The smallest absolute Gasteiger partial charge is 0.309 e. The molecule has 0 radical (unpaired) electrons. The molecule has 4 nitrogen and oxygen atoms in total. The fourth-order valence-corrected chi connectivity index (χ4v) is 1.75. The summed E-state index contributed by atoms with van der Waals surface area (Å²) in [4.78, 5) is 18.7. The van der Waals surface area contributed by atoms with E-state index in [0.717, 1.165) is 10.9 Å². The van der Waals surface area contributed by atoms with Gasteiger partial charge in [0.2, 0.25) is 5.28 Å². The van der Waals surface area contributed by atoms with Crippen molar-refractivity contribution < 1.29 is 9.90 Å². The van der Waals surface area contributed by atoms with Crippen LogP contribution in [0.4, 0.5) is 0 Å². The molecule has 82 valence electrons.